The summed E-state index contributed by atoms with van der Waals surface area (Å²) >= 11 is 0. The van der Waals surface area contributed by atoms with Gasteiger partial charge in [0, 0.05) is 5.56 Å². The first-order valence-electron chi connectivity index (χ1n) is 17.4. The first kappa shape index (κ1) is 28.7. The Morgan fingerprint density at radius 1 is 0.440 bits per heavy atom. The standard InChI is InChI=1S/C48H33NO/c1-3-16-38(17-4-1)48(39-18-5-2-6-19-39)44-30-35(34-23-22-32-12-7-8-13-33(32)28-34)24-25-42(44)46-41-21-10-9-20-40(41)43(31-45(46)48)36-14-11-15-37(29-36)47-49-26-27-50-47/h1-25,28-31H,26-27H2. The van der Waals surface area contributed by atoms with E-state index in [9.17, 15) is 0 Å². The predicted molar refractivity (Wildman–Crippen MR) is 207 cm³/mol. The lowest BCUT2D eigenvalue weighted by molar-refractivity contribution is 0.348. The number of hydrogen-bond acceptors (Lipinski definition) is 2. The molecule has 0 amide bonds. The maximum atomic E-state index is 5.90. The van der Waals surface area contributed by atoms with Crippen molar-refractivity contribution in [3.63, 3.8) is 0 Å². The van der Waals surface area contributed by atoms with Crippen LogP contribution in [0.3, 0.4) is 0 Å². The second-order valence-corrected chi connectivity index (χ2v) is 13.3. The van der Waals surface area contributed by atoms with Gasteiger partial charge in [0.2, 0.25) is 5.90 Å². The highest BCUT2D eigenvalue weighted by Crippen LogP contribution is 2.59. The van der Waals surface area contributed by atoms with E-state index in [0.717, 1.165) is 17.0 Å². The molecule has 10 rings (SSSR count). The molecule has 1 heterocycles. The summed E-state index contributed by atoms with van der Waals surface area (Å²) in [6, 6.07) is 64.8. The first-order valence-corrected chi connectivity index (χ1v) is 17.4. The molecule has 2 heteroatoms. The van der Waals surface area contributed by atoms with Crippen molar-refractivity contribution < 1.29 is 4.74 Å². The molecule has 8 aromatic carbocycles. The van der Waals surface area contributed by atoms with Crippen molar-refractivity contribution in [1.29, 1.82) is 0 Å². The maximum absolute atomic E-state index is 5.90. The van der Waals surface area contributed by atoms with Gasteiger partial charge in [-0.25, -0.2) is 4.99 Å². The van der Waals surface area contributed by atoms with E-state index in [2.05, 4.69) is 181 Å². The molecule has 0 aromatic heterocycles. The second-order valence-electron chi connectivity index (χ2n) is 13.3. The smallest absolute Gasteiger partial charge is 0.216 e. The van der Waals surface area contributed by atoms with Crippen molar-refractivity contribution in [2.45, 2.75) is 5.41 Å². The highest BCUT2D eigenvalue weighted by atomic mass is 16.5. The summed E-state index contributed by atoms with van der Waals surface area (Å²) in [5.74, 6) is 0.730. The van der Waals surface area contributed by atoms with Crippen LogP contribution in [0.15, 0.2) is 181 Å². The summed E-state index contributed by atoms with van der Waals surface area (Å²) in [6.45, 7) is 1.34. The largest absolute Gasteiger partial charge is 0.476 e. The SMILES string of the molecule is c1ccc(C2(c3ccccc3)c3cc(-c4ccc5ccccc5c4)ccc3-c3c2cc(-c2cccc(C4=NCCO4)c2)c2ccccc32)cc1. The van der Waals surface area contributed by atoms with Crippen LogP contribution in [0.2, 0.25) is 0 Å². The molecular weight excluding hydrogens is 607 g/mol. The van der Waals surface area contributed by atoms with Crippen LogP contribution in [0.1, 0.15) is 27.8 Å². The van der Waals surface area contributed by atoms with Crippen LogP contribution in [0.5, 0.6) is 0 Å². The Bertz CT molecular complexity index is 2580. The summed E-state index contributed by atoms with van der Waals surface area (Å²) in [4.78, 5) is 4.63. The lowest BCUT2D eigenvalue weighted by atomic mass is 9.67. The molecule has 8 aromatic rings. The average Bonchev–Trinajstić information content (AvgIpc) is 3.84. The van der Waals surface area contributed by atoms with Gasteiger partial charge in [-0.2, -0.15) is 0 Å². The van der Waals surface area contributed by atoms with E-state index >= 15 is 0 Å². The summed E-state index contributed by atoms with van der Waals surface area (Å²) in [5.41, 5.74) is 13.0. The molecule has 50 heavy (non-hydrogen) atoms. The summed E-state index contributed by atoms with van der Waals surface area (Å²) in [7, 11) is 0. The van der Waals surface area contributed by atoms with Crippen LogP contribution in [0.25, 0.3) is 54.9 Å². The Labute approximate surface area is 292 Å². The van der Waals surface area contributed by atoms with Crippen LogP contribution in [0, 0.1) is 0 Å². The summed E-state index contributed by atoms with van der Waals surface area (Å²) < 4.78 is 5.90. The van der Waals surface area contributed by atoms with E-state index in [-0.39, 0.29) is 0 Å². The Balaban J connectivity index is 1.31. The van der Waals surface area contributed by atoms with Crippen molar-refractivity contribution in [2.75, 3.05) is 13.2 Å². The lowest BCUT2D eigenvalue weighted by Gasteiger charge is -2.34. The van der Waals surface area contributed by atoms with E-state index in [4.69, 9.17) is 4.74 Å². The highest BCUT2D eigenvalue weighted by Gasteiger charge is 2.47. The Hall–Kier alpha value is -6.25. The van der Waals surface area contributed by atoms with Gasteiger partial charge in [-0.15, -0.1) is 0 Å². The van der Waals surface area contributed by atoms with E-state index in [1.807, 2.05) is 0 Å². The van der Waals surface area contributed by atoms with Crippen LogP contribution in [0.4, 0.5) is 0 Å². The molecular formula is C48H33NO. The molecule has 0 radical (unpaired) electrons. The van der Waals surface area contributed by atoms with E-state index in [1.165, 1.54) is 71.6 Å². The van der Waals surface area contributed by atoms with Crippen LogP contribution in [-0.2, 0) is 10.2 Å². The van der Waals surface area contributed by atoms with Gasteiger partial charge in [0.1, 0.15) is 6.61 Å². The molecule has 236 valence electrons. The third kappa shape index (κ3) is 4.32. The monoisotopic (exact) mass is 639 g/mol. The molecule has 0 bridgehead atoms. The van der Waals surface area contributed by atoms with Crippen molar-refractivity contribution in [3.05, 3.63) is 204 Å². The Morgan fingerprint density at radius 3 is 1.86 bits per heavy atom. The number of hydrogen-bond donors (Lipinski definition) is 0. The number of benzene rings is 8. The quantitative estimate of drug-likeness (QED) is 0.184. The number of nitrogens with zero attached hydrogens (tertiary/aromatic N) is 1. The van der Waals surface area contributed by atoms with Crippen molar-refractivity contribution >= 4 is 27.4 Å². The fourth-order valence-electron chi connectivity index (χ4n) is 8.46. The predicted octanol–water partition coefficient (Wildman–Crippen LogP) is 11.5. The molecule has 1 aliphatic heterocycles. The fraction of sp³-hybridized carbons (Fsp3) is 0.0625. The van der Waals surface area contributed by atoms with Gasteiger partial charge in [-0.1, -0.05) is 146 Å². The Morgan fingerprint density at radius 2 is 1.10 bits per heavy atom. The molecule has 0 saturated carbocycles. The molecule has 0 unspecified atom stereocenters. The van der Waals surface area contributed by atoms with Crippen LogP contribution < -0.4 is 0 Å². The normalized spacial score (nSPS) is 14.3. The molecule has 0 saturated heterocycles. The average molecular weight is 640 g/mol. The second kappa shape index (κ2) is 11.4. The zero-order chi connectivity index (χ0) is 33.1. The molecule has 0 atom stereocenters. The van der Waals surface area contributed by atoms with Gasteiger partial charge in [0.15, 0.2) is 0 Å². The number of fused-ring (bicyclic) bond motifs is 6. The molecule has 0 N–H and O–H groups in total. The van der Waals surface area contributed by atoms with Gasteiger partial charge < -0.3 is 4.74 Å². The van der Waals surface area contributed by atoms with E-state index < -0.39 is 5.41 Å². The maximum Gasteiger partial charge on any atom is 0.216 e. The number of aliphatic imine (C=N–C) groups is 1. The molecule has 0 spiro atoms. The van der Waals surface area contributed by atoms with Gasteiger partial charge in [-0.05, 0) is 108 Å². The van der Waals surface area contributed by atoms with Crippen molar-refractivity contribution in [1.82, 2.24) is 0 Å². The summed E-state index contributed by atoms with van der Waals surface area (Å²) in [5, 5.41) is 4.99. The third-order valence-corrected chi connectivity index (χ3v) is 10.6. The van der Waals surface area contributed by atoms with Crippen molar-refractivity contribution in [2.24, 2.45) is 4.99 Å². The minimum atomic E-state index is -0.547. The van der Waals surface area contributed by atoms with Gasteiger partial charge in [0.05, 0.1) is 12.0 Å². The fourth-order valence-corrected chi connectivity index (χ4v) is 8.46. The minimum Gasteiger partial charge on any atom is -0.476 e. The van der Waals surface area contributed by atoms with E-state index in [1.54, 1.807) is 0 Å². The minimum absolute atomic E-state index is 0.547. The van der Waals surface area contributed by atoms with Crippen molar-refractivity contribution in [3.8, 4) is 33.4 Å². The third-order valence-electron chi connectivity index (χ3n) is 10.6. The van der Waals surface area contributed by atoms with Gasteiger partial charge >= 0.3 is 0 Å². The zero-order valence-electron chi connectivity index (χ0n) is 27.5. The number of rotatable bonds is 5. The molecule has 2 nitrogen and oxygen atoms in total. The number of ether oxygens (including phenoxy) is 1. The Kier molecular flexibility index (Phi) is 6.57. The van der Waals surface area contributed by atoms with Crippen LogP contribution in [-0.4, -0.2) is 19.0 Å². The van der Waals surface area contributed by atoms with Crippen LogP contribution >= 0.6 is 0 Å². The van der Waals surface area contributed by atoms with Gasteiger partial charge in [0.25, 0.3) is 0 Å². The molecule has 2 aliphatic rings. The lowest BCUT2D eigenvalue weighted by Crippen LogP contribution is -2.28. The topological polar surface area (TPSA) is 21.6 Å². The zero-order valence-corrected chi connectivity index (χ0v) is 27.5. The first-order chi connectivity index (χ1) is 24.8. The summed E-state index contributed by atoms with van der Waals surface area (Å²) in [6.07, 6.45) is 0. The molecule has 0 fully saturated rings. The molecule has 1 aliphatic carbocycles. The van der Waals surface area contributed by atoms with Gasteiger partial charge in [-0.3, -0.25) is 0 Å². The highest BCUT2D eigenvalue weighted by molar-refractivity contribution is 6.11. The van der Waals surface area contributed by atoms with E-state index in [0.29, 0.717) is 13.2 Å².